The van der Waals surface area contributed by atoms with E-state index in [1.54, 1.807) is 0 Å². The second kappa shape index (κ2) is 12.1. The van der Waals surface area contributed by atoms with Crippen molar-refractivity contribution in [2.75, 3.05) is 4.90 Å². The SMILES string of the molecule is CC1(C)c2cc(N(c3ccccc3)c3ccc(-c4ccc5c(c4)oc4c6ccccc6c(-c6ccccc6)cc54)cc3)ccc2-c2c1ccc1ccccc21. The van der Waals surface area contributed by atoms with Gasteiger partial charge in [-0.1, -0.05) is 147 Å². The zero-order chi connectivity index (χ0) is 36.7. The third-order valence-electron chi connectivity index (χ3n) is 11.8. The van der Waals surface area contributed by atoms with Crippen LogP contribution in [0.4, 0.5) is 17.1 Å². The van der Waals surface area contributed by atoms with Gasteiger partial charge in [-0.25, -0.2) is 0 Å². The van der Waals surface area contributed by atoms with Gasteiger partial charge in [-0.05, 0) is 115 Å². The van der Waals surface area contributed by atoms with Crippen LogP contribution in [0.1, 0.15) is 25.0 Å². The number of fused-ring (bicyclic) bond motifs is 10. The Hall–Kier alpha value is -6.90. The summed E-state index contributed by atoms with van der Waals surface area (Å²) in [6.07, 6.45) is 0. The minimum absolute atomic E-state index is 0.123. The first kappa shape index (κ1) is 31.6. The fraction of sp³-hybridized carbons (Fsp3) is 0.0566. The zero-order valence-corrected chi connectivity index (χ0v) is 30.8. The largest absolute Gasteiger partial charge is 0.455 e. The normalized spacial score (nSPS) is 13.1. The molecule has 0 amide bonds. The summed E-state index contributed by atoms with van der Waals surface area (Å²) >= 11 is 0. The monoisotopic (exact) mass is 703 g/mol. The first-order valence-corrected chi connectivity index (χ1v) is 19.1. The molecule has 1 aliphatic rings. The summed E-state index contributed by atoms with van der Waals surface area (Å²) in [4.78, 5) is 2.37. The lowest BCUT2D eigenvalue weighted by Crippen LogP contribution is -2.16. The molecule has 9 aromatic carbocycles. The van der Waals surface area contributed by atoms with Crippen LogP contribution in [0.15, 0.2) is 192 Å². The van der Waals surface area contributed by atoms with Gasteiger partial charge in [0.15, 0.2) is 0 Å². The number of rotatable bonds is 5. The number of hydrogen-bond acceptors (Lipinski definition) is 2. The predicted molar refractivity (Wildman–Crippen MR) is 232 cm³/mol. The van der Waals surface area contributed by atoms with E-state index in [0.29, 0.717) is 0 Å². The molecule has 2 heteroatoms. The Morgan fingerprint density at radius 3 is 1.85 bits per heavy atom. The smallest absolute Gasteiger partial charge is 0.143 e. The summed E-state index contributed by atoms with van der Waals surface area (Å²) in [5.41, 5.74) is 15.2. The number of anilines is 3. The molecule has 0 aliphatic heterocycles. The number of furan rings is 1. The Balaban J connectivity index is 0.993. The predicted octanol–water partition coefficient (Wildman–Crippen LogP) is 15.0. The van der Waals surface area contributed by atoms with Crippen molar-refractivity contribution in [3.8, 4) is 33.4 Å². The van der Waals surface area contributed by atoms with Gasteiger partial charge >= 0.3 is 0 Å². The first-order valence-electron chi connectivity index (χ1n) is 19.1. The van der Waals surface area contributed by atoms with Gasteiger partial charge in [-0.15, -0.1) is 0 Å². The van der Waals surface area contributed by atoms with Crippen LogP contribution in [0.3, 0.4) is 0 Å². The highest BCUT2D eigenvalue weighted by Gasteiger charge is 2.37. The number of nitrogens with zero attached hydrogens (tertiary/aromatic N) is 1. The van der Waals surface area contributed by atoms with Gasteiger partial charge in [0, 0.05) is 38.6 Å². The van der Waals surface area contributed by atoms with Crippen LogP contribution in [0.5, 0.6) is 0 Å². The van der Waals surface area contributed by atoms with E-state index in [1.807, 2.05) is 0 Å². The quantitative estimate of drug-likeness (QED) is 0.177. The van der Waals surface area contributed by atoms with Gasteiger partial charge in [0.25, 0.3) is 0 Å². The van der Waals surface area contributed by atoms with Crippen molar-refractivity contribution >= 4 is 60.5 Å². The van der Waals surface area contributed by atoms with E-state index in [4.69, 9.17) is 4.42 Å². The van der Waals surface area contributed by atoms with E-state index in [2.05, 4.69) is 207 Å². The molecule has 260 valence electrons. The van der Waals surface area contributed by atoms with Crippen LogP contribution in [0.2, 0.25) is 0 Å². The average Bonchev–Trinajstić information content (AvgIpc) is 3.73. The van der Waals surface area contributed by atoms with Crippen LogP contribution in [0, 0.1) is 0 Å². The van der Waals surface area contributed by atoms with Crippen LogP contribution in [-0.2, 0) is 5.41 Å². The highest BCUT2D eigenvalue weighted by molar-refractivity contribution is 6.19. The van der Waals surface area contributed by atoms with Crippen molar-refractivity contribution in [2.45, 2.75) is 19.3 Å². The summed E-state index contributed by atoms with van der Waals surface area (Å²) in [6.45, 7) is 4.72. The molecule has 0 fully saturated rings. The molecule has 55 heavy (non-hydrogen) atoms. The minimum Gasteiger partial charge on any atom is -0.455 e. The van der Waals surface area contributed by atoms with Gasteiger partial charge < -0.3 is 9.32 Å². The lowest BCUT2D eigenvalue weighted by Gasteiger charge is -2.28. The van der Waals surface area contributed by atoms with E-state index in [-0.39, 0.29) is 5.41 Å². The molecule has 2 nitrogen and oxygen atoms in total. The van der Waals surface area contributed by atoms with Crippen LogP contribution < -0.4 is 4.90 Å². The molecule has 11 rings (SSSR count). The molecule has 0 saturated carbocycles. The highest BCUT2D eigenvalue weighted by Crippen LogP contribution is 2.53. The molecule has 0 unspecified atom stereocenters. The molecule has 1 aliphatic carbocycles. The molecule has 0 spiro atoms. The fourth-order valence-electron chi connectivity index (χ4n) is 9.10. The molecule has 0 saturated heterocycles. The third-order valence-corrected chi connectivity index (χ3v) is 11.8. The standard InChI is InChI=1S/C53H37NO/c1-53(2)48-30-24-36-15-9-10-18-41(36)51(48)45-29-27-40(32-49(45)53)54(38-16-7-4-8-17-38)39-25-21-34(22-26-39)37-23-28-43-47-33-46(35-13-5-3-6-14-35)42-19-11-12-20-44(42)52(47)55-50(43)31-37/h3-33H,1-2H3. The minimum atomic E-state index is -0.123. The van der Waals surface area contributed by atoms with Crippen molar-refractivity contribution < 1.29 is 4.42 Å². The Labute approximate surface area is 320 Å². The van der Waals surface area contributed by atoms with Gasteiger partial charge in [0.05, 0.1) is 0 Å². The summed E-state index contributed by atoms with van der Waals surface area (Å²) < 4.78 is 6.69. The van der Waals surface area contributed by atoms with Crippen LogP contribution in [-0.4, -0.2) is 0 Å². The second-order valence-electron chi connectivity index (χ2n) is 15.3. The summed E-state index contributed by atoms with van der Waals surface area (Å²) in [7, 11) is 0. The van der Waals surface area contributed by atoms with Gasteiger partial charge in [-0.2, -0.15) is 0 Å². The molecule has 1 aromatic heterocycles. The van der Waals surface area contributed by atoms with Crippen LogP contribution >= 0.6 is 0 Å². The number of benzene rings is 9. The third kappa shape index (κ3) is 4.88. The Morgan fingerprint density at radius 2 is 1.05 bits per heavy atom. The molecule has 1 heterocycles. The van der Waals surface area contributed by atoms with Crippen molar-refractivity contribution in [3.05, 3.63) is 199 Å². The number of para-hydroxylation sites is 1. The molecule has 10 aromatic rings. The van der Waals surface area contributed by atoms with E-state index < -0.39 is 0 Å². The molecular formula is C53H37NO. The average molecular weight is 704 g/mol. The molecule has 0 atom stereocenters. The van der Waals surface area contributed by atoms with Gasteiger partial charge in [-0.3, -0.25) is 0 Å². The van der Waals surface area contributed by atoms with Crippen molar-refractivity contribution in [1.29, 1.82) is 0 Å². The van der Waals surface area contributed by atoms with E-state index in [1.165, 1.54) is 49.5 Å². The fourth-order valence-corrected chi connectivity index (χ4v) is 9.10. The van der Waals surface area contributed by atoms with E-state index in [0.717, 1.165) is 55.5 Å². The Morgan fingerprint density at radius 1 is 0.400 bits per heavy atom. The zero-order valence-electron chi connectivity index (χ0n) is 30.8. The summed E-state index contributed by atoms with van der Waals surface area (Å²) in [5, 5.41) is 7.20. The lowest BCUT2D eigenvalue weighted by atomic mass is 9.82. The topological polar surface area (TPSA) is 16.4 Å². The summed E-state index contributed by atoms with van der Waals surface area (Å²) in [6, 6.07) is 68.2. The second-order valence-corrected chi connectivity index (χ2v) is 15.3. The molecular weight excluding hydrogens is 667 g/mol. The molecule has 0 N–H and O–H groups in total. The van der Waals surface area contributed by atoms with Crippen LogP contribution in [0.25, 0.3) is 76.9 Å². The molecule has 0 bridgehead atoms. The maximum absolute atomic E-state index is 6.69. The van der Waals surface area contributed by atoms with Crippen molar-refractivity contribution in [1.82, 2.24) is 0 Å². The molecule has 0 radical (unpaired) electrons. The van der Waals surface area contributed by atoms with E-state index in [9.17, 15) is 0 Å². The maximum Gasteiger partial charge on any atom is 0.143 e. The van der Waals surface area contributed by atoms with Gasteiger partial charge in [0.2, 0.25) is 0 Å². The highest BCUT2D eigenvalue weighted by atomic mass is 16.3. The Bertz CT molecular complexity index is 3100. The van der Waals surface area contributed by atoms with Crippen molar-refractivity contribution in [2.24, 2.45) is 0 Å². The first-order chi connectivity index (χ1) is 27.0. The number of hydrogen-bond donors (Lipinski definition) is 0. The van der Waals surface area contributed by atoms with Crippen molar-refractivity contribution in [3.63, 3.8) is 0 Å². The van der Waals surface area contributed by atoms with E-state index >= 15 is 0 Å². The lowest BCUT2D eigenvalue weighted by molar-refractivity contribution is 0.661. The summed E-state index contributed by atoms with van der Waals surface area (Å²) in [5.74, 6) is 0. The Kier molecular flexibility index (Phi) is 6.93. The maximum atomic E-state index is 6.69. The van der Waals surface area contributed by atoms with Gasteiger partial charge in [0.1, 0.15) is 11.2 Å².